The number of pyridine rings is 1. The number of aliphatic imine (C=N–C) groups is 1. The molecule has 0 aliphatic rings. The Bertz CT molecular complexity index is 1210. The smallest absolute Gasteiger partial charge is 0.191 e. The number of ether oxygens (including phenoxy) is 1. The first-order chi connectivity index (χ1) is 15.1. The summed E-state index contributed by atoms with van der Waals surface area (Å²) in [4.78, 5) is 4.27. The van der Waals surface area contributed by atoms with E-state index >= 15 is 0 Å². The highest BCUT2D eigenvalue weighted by atomic mass is 127. The molecule has 0 unspecified atom stereocenters. The molecule has 0 atom stereocenters. The van der Waals surface area contributed by atoms with E-state index in [2.05, 4.69) is 25.8 Å². The lowest BCUT2D eigenvalue weighted by Gasteiger charge is -2.13. The summed E-state index contributed by atoms with van der Waals surface area (Å²) in [6, 6.07) is 17.7. The molecule has 0 saturated carbocycles. The van der Waals surface area contributed by atoms with Crippen LogP contribution in [0.15, 0.2) is 71.9 Å². The van der Waals surface area contributed by atoms with Gasteiger partial charge in [-0.25, -0.2) is 4.39 Å². The number of benzene rings is 2. The van der Waals surface area contributed by atoms with E-state index < -0.39 is 0 Å². The van der Waals surface area contributed by atoms with Gasteiger partial charge < -0.3 is 15.4 Å². The van der Waals surface area contributed by atoms with Crippen molar-refractivity contribution in [2.45, 2.75) is 20.0 Å². The molecule has 2 heterocycles. The average Bonchev–Trinajstić information content (AvgIpc) is 3.20. The van der Waals surface area contributed by atoms with Crippen LogP contribution in [0.25, 0.3) is 5.65 Å². The van der Waals surface area contributed by atoms with E-state index in [0.717, 1.165) is 28.3 Å². The van der Waals surface area contributed by atoms with Crippen LogP contribution >= 0.6 is 24.0 Å². The summed E-state index contributed by atoms with van der Waals surface area (Å²) in [6.07, 6.45) is 1.93. The Kier molecular flexibility index (Phi) is 7.98. The molecule has 166 valence electrons. The van der Waals surface area contributed by atoms with Gasteiger partial charge in [0.25, 0.3) is 0 Å². The van der Waals surface area contributed by atoms with Crippen LogP contribution in [0.4, 0.5) is 4.39 Å². The fraction of sp³-hybridized carbons (Fsp3) is 0.174. The molecule has 9 heteroatoms. The fourth-order valence-electron chi connectivity index (χ4n) is 3.15. The van der Waals surface area contributed by atoms with Gasteiger partial charge in [0.15, 0.2) is 17.4 Å². The van der Waals surface area contributed by atoms with Crippen molar-refractivity contribution in [3.8, 4) is 11.5 Å². The zero-order valence-corrected chi connectivity index (χ0v) is 20.1. The topological polar surface area (TPSA) is 75.8 Å². The third-order valence-electron chi connectivity index (χ3n) is 4.76. The van der Waals surface area contributed by atoms with Crippen molar-refractivity contribution >= 4 is 35.6 Å². The summed E-state index contributed by atoms with van der Waals surface area (Å²) >= 11 is 0. The second kappa shape index (κ2) is 10.9. The average molecular weight is 546 g/mol. The number of hydrogen-bond acceptors (Lipinski definition) is 4. The lowest BCUT2D eigenvalue weighted by molar-refractivity contribution is 0.476. The number of hydrogen-bond donors (Lipinski definition) is 2. The van der Waals surface area contributed by atoms with Gasteiger partial charge in [-0.2, -0.15) is 0 Å². The molecule has 0 radical (unpaired) electrons. The Morgan fingerprint density at radius 2 is 1.81 bits per heavy atom. The maximum atomic E-state index is 13.1. The lowest BCUT2D eigenvalue weighted by Crippen LogP contribution is -2.36. The van der Waals surface area contributed by atoms with Crippen molar-refractivity contribution < 1.29 is 9.13 Å². The van der Waals surface area contributed by atoms with Gasteiger partial charge in [0.2, 0.25) is 0 Å². The molecule has 0 amide bonds. The predicted molar refractivity (Wildman–Crippen MR) is 133 cm³/mol. The van der Waals surface area contributed by atoms with E-state index in [9.17, 15) is 4.39 Å². The minimum atomic E-state index is -0.287. The van der Waals surface area contributed by atoms with Gasteiger partial charge in [0.05, 0.1) is 6.54 Å². The van der Waals surface area contributed by atoms with Crippen LogP contribution in [0, 0.1) is 12.7 Å². The second-order valence-electron chi connectivity index (χ2n) is 6.98. The summed E-state index contributed by atoms with van der Waals surface area (Å²) in [7, 11) is 1.72. The third kappa shape index (κ3) is 5.72. The molecule has 0 aliphatic carbocycles. The third-order valence-corrected chi connectivity index (χ3v) is 4.76. The van der Waals surface area contributed by atoms with E-state index in [0.29, 0.717) is 24.8 Å². The summed E-state index contributed by atoms with van der Waals surface area (Å²) in [5.74, 6) is 2.51. The molecular weight excluding hydrogens is 522 g/mol. The molecule has 0 spiro atoms. The molecule has 4 aromatic rings. The largest absolute Gasteiger partial charge is 0.457 e. The highest BCUT2D eigenvalue weighted by Gasteiger charge is 2.07. The molecule has 0 fully saturated rings. The summed E-state index contributed by atoms with van der Waals surface area (Å²) < 4.78 is 20.8. The van der Waals surface area contributed by atoms with Crippen LogP contribution in [-0.2, 0) is 13.1 Å². The highest BCUT2D eigenvalue weighted by Crippen LogP contribution is 2.25. The zero-order valence-electron chi connectivity index (χ0n) is 17.7. The van der Waals surface area contributed by atoms with E-state index in [1.165, 1.54) is 12.1 Å². The van der Waals surface area contributed by atoms with Gasteiger partial charge in [-0.1, -0.05) is 18.2 Å². The quantitative estimate of drug-likeness (QED) is 0.212. The van der Waals surface area contributed by atoms with E-state index in [1.54, 1.807) is 19.2 Å². The van der Waals surface area contributed by atoms with E-state index in [4.69, 9.17) is 4.74 Å². The number of nitrogens with one attached hydrogen (secondary N) is 2. The molecule has 2 aromatic heterocycles. The molecule has 32 heavy (non-hydrogen) atoms. The van der Waals surface area contributed by atoms with E-state index in [1.807, 2.05) is 53.9 Å². The van der Waals surface area contributed by atoms with Crippen molar-refractivity contribution in [1.82, 2.24) is 25.2 Å². The minimum absolute atomic E-state index is 0. The first-order valence-electron chi connectivity index (χ1n) is 9.88. The Hall–Kier alpha value is -3.21. The van der Waals surface area contributed by atoms with Crippen LogP contribution in [0.1, 0.15) is 17.0 Å². The molecule has 0 saturated heterocycles. The van der Waals surface area contributed by atoms with Gasteiger partial charge >= 0.3 is 0 Å². The predicted octanol–water partition coefficient (Wildman–Crippen LogP) is 4.45. The van der Waals surface area contributed by atoms with Gasteiger partial charge in [0, 0.05) is 19.8 Å². The maximum Gasteiger partial charge on any atom is 0.191 e. The molecule has 0 bridgehead atoms. The molecular formula is C23H24FIN6O. The van der Waals surface area contributed by atoms with Crippen LogP contribution in [0.3, 0.4) is 0 Å². The SMILES string of the molecule is CN=C(NCc1ccc(Oc2ccc(F)cc2)c(C)c1)NCc1nnc2ccccn12.I. The number of guanidine groups is 1. The summed E-state index contributed by atoms with van der Waals surface area (Å²) in [6.45, 7) is 3.07. The standard InChI is InChI=1S/C23H23FN6O.HI/c1-16-13-17(6-11-20(16)31-19-9-7-18(24)8-10-19)14-26-23(25-2)27-15-22-29-28-21-5-3-4-12-30(21)22;/h3-13H,14-15H2,1-2H3,(H2,25,26,27);1H. The highest BCUT2D eigenvalue weighted by molar-refractivity contribution is 14.0. The van der Waals surface area contributed by atoms with Gasteiger partial charge in [-0.15, -0.1) is 34.2 Å². The van der Waals surface area contributed by atoms with Crippen LogP contribution < -0.4 is 15.4 Å². The van der Waals surface area contributed by atoms with Crippen molar-refractivity contribution in [2.24, 2.45) is 4.99 Å². The van der Waals surface area contributed by atoms with E-state index in [-0.39, 0.29) is 29.8 Å². The van der Waals surface area contributed by atoms with Crippen molar-refractivity contribution in [2.75, 3.05) is 7.05 Å². The number of fused-ring (bicyclic) bond motifs is 1. The number of halogens is 2. The normalized spacial score (nSPS) is 11.2. The van der Waals surface area contributed by atoms with Crippen LogP contribution in [0.2, 0.25) is 0 Å². The van der Waals surface area contributed by atoms with Crippen LogP contribution in [-0.4, -0.2) is 27.6 Å². The molecule has 7 nitrogen and oxygen atoms in total. The van der Waals surface area contributed by atoms with Crippen molar-refractivity contribution in [3.05, 3.63) is 89.6 Å². The molecule has 2 N–H and O–H groups in total. The zero-order chi connectivity index (χ0) is 21.6. The minimum Gasteiger partial charge on any atom is -0.457 e. The maximum absolute atomic E-state index is 13.1. The van der Waals surface area contributed by atoms with Gasteiger partial charge in [-0.3, -0.25) is 9.39 Å². The lowest BCUT2D eigenvalue weighted by atomic mass is 10.1. The van der Waals surface area contributed by atoms with Gasteiger partial charge in [0.1, 0.15) is 17.3 Å². The second-order valence-corrected chi connectivity index (χ2v) is 6.98. The Labute approximate surface area is 202 Å². The van der Waals surface area contributed by atoms with Crippen molar-refractivity contribution in [1.29, 1.82) is 0 Å². The number of rotatable bonds is 6. The monoisotopic (exact) mass is 546 g/mol. The fourth-order valence-corrected chi connectivity index (χ4v) is 3.15. The number of aryl methyl sites for hydroxylation is 1. The number of aromatic nitrogens is 3. The number of nitrogens with zero attached hydrogens (tertiary/aromatic N) is 4. The van der Waals surface area contributed by atoms with Gasteiger partial charge in [-0.05, 0) is 60.5 Å². The summed E-state index contributed by atoms with van der Waals surface area (Å²) in [5, 5.41) is 14.9. The first kappa shape index (κ1) is 23.5. The molecule has 4 rings (SSSR count). The van der Waals surface area contributed by atoms with Crippen molar-refractivity contribution in [3.63, 3.8) is 0 Å². The Morgan fingerprint density at radius 3 is 2.56 bits per heavy atom. The first-order valence-corrected chi connectivity index (χ1v) is 9.88. The molecule has 0 aliphatic heterocycles. The van der Waals surface area contributed by atoms with Crippen LogP contribution in [0.5, 0.6) is 11.5 Å². The Morgan fingerprint density at radius 1 is 1.03 bits per heavy atom. The Balaban J connectivity index is 0.00000289. The molecule has 2 aromatic carbocycles. The summed E-state index contributed by atoms with van der Waals surface area (Å²) in [5.41, 5.74) is 2.88.